The van der Waals surface area contributed by atoms with Crippen LogP contribution in [0.25, 0.3) is 5.69 Å². The first-order chi connectivity index (χ1) is 14.7. The van der Waals surface area contributed by atoms with Crippen LogP contribution in [0.1, 0.15) is 53.2 Å². The Labute approximate surface area is 182 Å². The van der Waals surface area contributed by atoms with Gasteiger partial charge in [-0.05, 0) is 18.1 Å². The number of carboxylic acids is 1. The van der Waals surface area contributed by atoms with E-state index < -0.39 is 23.6 Å². The molecule has 0 bridgehead atoms. The highest BCUT2D eigenvalue weighted by molar-refractivity contribution is 6.30. The van der Waals surface area contributed by atoms with Gasteiger partial charge in [0.1, 0.15) is 17.6 Å². The third-order valence-corrected chi connectivity index (χ3v) is 4.79. The van der Waals surface area contributed by atoms with E-state index in [0.717, 1.165) is 6.07 Å². The van der Waals surface area contributed by atoms with E-state index in [1.165, 1.54) is 37.2 Å². The molecule has 3 aromatic rings. The third kappa shape index (κ3) is 4.17. The lowest BCUT2D eigenvalue weighted by molar-refractivity contribution is 0.0684. The van der Waals surface area contributed by atoms with E-state index in [4.69, 9.17) is 21.1 Å². The van der Waals surface area contributed by atoms with Crippen LogP contribution in [0.3, 0.4) is 0 Å². The Morgan fingerprint density at radius 3 is 2.52 bits per heavy atom. The third-order valence-electron chi connectivity index (χ3n) is 4.56. The second-order valence-electron chi connectivity index (χ2n) is 6.84. The van der Waals surface area contributed by atoms with Crippen LogP contribution >= 0.6 is 11.6 Å². The summed E-state index contributed by atoms with van der Waals surface area (Å²) in [5.74, 6) is -2.42. The number of ether oxygens (including phenoxy) is 2. The lowest BCUT2D eigenvalue weighted by Crippen LogP contribution is -2.12. The summed E-state index contributed by atoms with van der Waals surface area (Å²) in [7, 11) is 2.76. The predicted molar refractivity (Wildman–Crippen MR) is 109 cm³/mol. The van der Waals surface area contributed by atoms with Crippen LogP contribution in [-0.4, -0.2) is 50.2 Å². The smallest absolute Gasteiger partial charge is 0.356 e. The first-order valence-electron chi connectivity index (χ1n) is 9.14. The Morgan fingerprint density at radius 1 is 1.26 bits per heavy atom. The van der Waals surface area contributed by atoms with Gasteiger partial charge < -0.3 is 19.7 Å². The molecule has 1 atom stereocenters. The lowest BCUT2D eigenvalue weighted by Gasteiger charge is -2.18. The van der Waals surface area contributed by atoms with Gasteiger partial charge in [0, 0.05) is 16.1 Å². The molecular formula is C20H20ClFN4O5. The fraction of sp³-hybridized carbons (Fsp3) is 0.300. The highest BCUT2D eigenvalue weighted by atomic mass is 35.5. The van der Waals surface area contributed by atoms with E-state index in [-0.39, 0.29) is 39.6 Å². The summed E-state index contributed by atoms with van der Waals surface area (Å²) in [5, 5.41) is 25.1. The number of carbonyl (C=O) groups is 1. The number of methoxy groups -OCH3 is 2. The van der Waals surface area contributed by atoms with Crippen LogP contribution in [0, 0.1) is 5.82 Å². The summed E-state index contributed by atoms with van der Waals surface area (Å²) >= 11 is 5.80. The van der Waals surface area contributed by atoms with Crippen molar-refractivity contribution in [2.24, 2.45) is 0 Å². The molecule has 0 amide bonds. The van der Waals surface area contributed by atoms with Crippen LogP contribution in [0.5, 0.6) is 11.9 Å². The number of aliphatic hydroxyl groups is 1. The first kappa shape index (κ1) is 22.4. The number of aliphatic hydroxyl groups excluding tert-OH is 1. The lowest BCUT2D eigenvalue weighted by atomic mass is 9.94. The molecule has 0 saturated heterocycles. The second kappa shape index (κ2) is 8.86. The summed E-state index contributed by atoms with van der Waals surface area (Å²) in [6.07, 6.45) is -0.256. The number of aromatic nitrogens is 4. The Hall–Kier alpha value is -3.24. The topological polar surface area (TPSA) is 120 Å². The fourth-order valence-corrected chi connectivity index (χ4v) is 3.39. The van der Waals surface area contributed by atoms with E-state index in [1.54, 1.807) is 13.8 Å². The predicted octanol–water partition coefficient (Wildman–Crippen LogP) is 3.38. The highest BCUT2D eigenvalue weighted by Crippen LogP contribution is 2.36. The Kier molecular flexibility index (Phi) is 6.42. The van der Waals surface area contributed by atoms with Gasteiger partial charge in [-0.1, -0.05) is 31.5 Å². The van der Waals surface area contributed by atoms with Crippen molar-refractivity contribution in [3.05, 3.63) is 57.8 Å². The van der Waals surface area contributed by atoms with Gasteiger partial charge >= 0.3 is 12.0 Å². The largest absolute Gasteiger partial charge is 0.479 e. The van der Waals surface area contributed by atoms with Crippen molar-refractivity contribution in [3.63, 3.8) is 0 Å². The number of benzene rings is 1. The van der Waals surface area contributed by atoms with Gasteiger partial charge in [-0.2, -0.15) is 10.1 Å². The number of hydrogen-bond donors (Lipinski definition) is 2. The molecule has 1 unspecified atom stereocenters. The molecule has 0 fully saturated rings. The van der Waals surface area contributed by atoms with Gasteiger partial charge in [0.05, 0.1) is 26.1 Å². The van der Waals surface area contributed by atoms with Gasteiger partial charge in [0.2, 0.25) is 5.88 Å². The number of carboxylic acid groups (broad SMARTS) is 1. The van der Waals surface area contributed by atoms with Crippen molar-refractivity contribution in [3.8, 4) is 17.6 Å². The summed E-state index contributed by atoms with van der Waals surface area (Å²) in [6.45, 7) is 3.56. The number of aromatic carboxylic acids is 1. The minimum absolute atomic E-state index is 0.0424. The Bertz CT molecular complexity index is 1130. The van der Waals surface area contributed by atoms with Gasteiger partial charge in [-0.25, -0.2) is 18.9 Å². The highest BCUT2D eigenvalue weighted by Gasteiger charge is 2.32. The Morgan fingerprint density at radius 2 is 1.97 bits per heavy atom. The van der Waals surface area contributed by atoms with E-state index in [9.17, 15) is 19.4 Å². The van der Waals surface area contributed by atoms with Crippen LogP contribution in [0.4, 0.5) is 4.39 Å². The molecule has 0 radical (unpaired) electrons. The van der Waals surface area contributed by atoms with Gasteiger partial charge in [-0.15, -0.1) is 0 Å². The zero-order valence-electron chi connectivity index (χ0n) is 17.1. The standard InChI is InChI=1S/C20H20ClFN4O5/c1-9(2)16-14(17(27)11-6-5-10(21)7-12(11)22)15(19(28)29)25-26(16)13-8-23-20(31-4)24-18(13)30-3/h5-9,17,27H,1-4H3,(H,28,29). The van der Waals surface area contributed by atoms with E-state index in [1.807, 2.05) is 0 Å². The van der Waals surface area contributed by atoms with Crippen LogP contribution in [-0.2, 0) is 0 Å². The minimum atomic E-state index is -1.61. The average molecular weight is 451 g/mol. The zero-order chi connectivity index (χ0) is 22.9. The quantitative estimate of drug-likeness (QED) is 0.562. The number of rotatable bonds is 7. The van der Waals surface area contributed by atoms with E-state index in [2.05, 4.69) is 15.1 Å². The first-order valence-corrected chi connectivity index (χ1v) is 9.51. The van der Waals surface area contributed by atoms with Crippen molar-refractivity contribution in [1.82, 2.24) is 19.7 Å². The van der Waals surface area contributed by atoms with Crippen molar-refractivity contribution in [1.29, 1.82) is 0 Å². The monoisotopic (exact) mass is 450 g/mol. The zero-order valence-corrected chi connectivity index (χ0v) is 17.9. The summed E-state index contributed by atoms with van der Waals surface area (Å²) in [5.41, 5.74) is -0.0767. The normalized spacial score (nSPS) is 12.1. The number of halogens is 2. The van der Waals surface area contributed by atoms with Gasteiger partial charge in [0.25, 0.3) is 0 Å². The molecule has 9 nitrogen and oxygen atoms in total. The maximum atomic E-state index is 14.5. The summed E-state index contributed by atoms with van der Waals surface area (Å²) in [6, 6.07) is 3.79. The SMILES string of the molecule is COc1ncc(-n2nc(C(=O)O)c(C(O)c3ccc(Cl)cc3F)c2C(C)C)c(OC)n1. The molecule has 2 N–H and O–H groups in total. The number of hydrogen-bond acceptors (Lipinski definition) is 7. The molecule has 164 valence electrons. The molecule has 0 aliphatic carbocycles. The molecular weight excluding hydrogens is 431 g/mol. The summed E-state index contributed by atoms with van der Waals surface area (Å²) in [4.78, 5) is 20.1. The van der Waals surface area contributed by atoms with Crippen LogP contribution in [0.15, 0.2) is 24.4 Å². The molecule has 1 aromatic carbocycles. The molecule has 2 aromatic heterocycles. The van der Waals surface area contributed by atoms with E-state index >= 15 is 0 Å². The molecule has 11 heteroatoms. The molecule has 31 heavy (non-hydrogen) atoms. The maximum Gasteiger partial charge on any atom is 0.356 e. The van der Waals surface area contributed by atoms with Crippen LogP contribution < -0.4 is 9.47 Å². The van der Waals surface area contributed by atoms with Gasteiger partial charge in [-0.3, -0.25) is 0 Å². The molecule has 0 spiro atoms. The minimum Gasteiger partial charge on any atom is -0.479 e. The average Bonchev–Trinajstić information content (AvgIpc) is 3.13. The molecule has 3 rings (SSSR count). The van der Waals surface area contributed by atoms with Gasteiger partial charge in [0.15, 0.2) is 5.69 Å². The Balaban J connectivity index is 2.30. The molecule has 0 aliphatic rings. The molecule has 2 heterocycles. The van der Waals surface area contributed by atoms with Crippen molar-refractivity contribution in [2.75, 3.05) is 14.2 Å². The summed E-state index contributed by atoms with van der Waals surface area (Å²) < 4.78 is 26.1. The molecule has 0 saturated carbocycles. The second-order valence-corrected chi connectivity index (χ2v) is 7.28. The van der Waals surface area contributed by atoms with Crippen molar-refractivity contribution < 1.29 is 28.9 Å². The fourth-order valence-electron chi connectivity index (χ4n) is 3.23. The number of nitrogens with zero attached hydrogens (tertiary/aromatic N) is 4. The maximum absolute atomic E-state index is 14.5. The van der Waals surface area contributed by atoms with E-state index in [0.29, 0.717) is 5.69 Å². The van der Waals surface area contributed by atoms with Crippen molar-refractivity contribution >= 4 is 17.6 Å². The van der Waals surface area contributed by atoms with Crippen molar-refractivity contribution in [2.45, 2.75) is 25.9 Å². The molecule has 0 aliphatic heterocycles. The van der Waals surface area contributed by atoms with Crippen LogP contribution in [0.2, 0.25) is 5.02 Å².